The zero-order chi connectivity index (χ0) is 22.0. The van der Waals surface area contributed by atoms with Crippen LogP contribution in [0.3, 0.4) is 0 Å². The van der Waals surface area contributed by atoms with Crippen LogP contribution in [0.5, 0.6) is 0 Å². The molecule has 2 heterocycles. The van der Waals surface area contributed by atoms with Crippen LogP contribution >= 0.6 is 27.4 Å². The molecule has 1 aromatic rings. The minimum absolute atomic E-state index is 0.193. The zero-order valence-electron chi connectivity index (χ0n) is 16.0. The number of allylic oxidation sites excluding steroid dienone is 1. The Morgan fingerprint density at radius 1 is 1.34 bits per heavy atom. The number of nitrogens with two attached hydrogens (primary N) is 1. The van der Waals surface area contributed by atoms with Gasteiger partial charge in [-0.2, -0.15) is 4.31 Å². The maximum Gasteiger partial charge on any atom is 0.481 e. The van der Waals surface area contributed by atoms with Crippen molar-refractivity contribution in [3.8, 4) is 0 Å². The summed E-state index contributed by atoms with van der Waals surface area (Å²) in [6, 6.07) is 0. The van der Waals surface area contributed by atoms with Gasteiger partial charge in [0.2, 0.25) is 0 Å². The van der Waals surface area contributed by atoms with Crippen molar-refractivity contribution in [2.75, 3.05) is 12.3 Å². The summed E-state index contributed by atoms with van der Waals surface area (Å²) in [5.74, 6) is 0.917. The number of anilines is 1. The Kier molecular flexibility index (Phi) is 8.02. The van der Waals surface area contributed by atoms with E-state index in [4.69, 9.17) is 15.5 Å². The molecule has 0 fully saturated rings. The molecule has 0 radical (unpaired) electrons. The number of aliphatic hydroxyl groups excluding tert-OH is 1. The summed E-state index contributed by atoms with van der Waals surface area (Å²) in [6.45, 7) is 5.38. The minimum atomic E-state index is -5.16. The number of nitrogens with one attached hydrogen (secondary N) is 1. The van der Waals surface area contributed by atoms with Crippen molar-refractivity contribution in [2.24, 2.45) is 0 Å². The van der Waals surface area contributed by atoms with Crippen molar-refractivity contribution >= 4 is 33.2 Å². The van der Waals surface area contributed by atoms with Gasteiger partial charge < -0.3 is 25.5 Å². The van der Waals surface area contributed by atoms with E-state index in [0.29, 0.717) is 18.2 Å². The van der Waals surface area contributed by atoms with E-state index >= 15 is 0 Å². The Balaban J connectivity index is 2.10. The van der Waals surface area contributed by atoms with Gasteiger partial charge in [-0.25, -0.2) is 19.1 Å². The molecule has 0 spiro atoms. The molecule has 0 saturated heterocycles. The molecule has 0 aromatic carbocycles. The number of phosphoric ester groups is 1. The topological polar surface area (TPSA) is 190 Å². The van der Waals surface area contributed by atoms with Crippen molar-refractivity contribution in [2.45, 2.75) is 45.2 Å². The molecule has 1 aromatic heterocycles. The van der Waals surface area contributed by atoms with Gasteiger partial charge in [0.1, 0.15) is 30.0 Å². The monoisotopic (exact) mass is 471 g/mol. The van der Waals surface area contributed by atoms with Crippen LogP contribution in [0.15, 0.2) is 16.8 Å². The second kappa shape index (κ2) is 9.52. The van der Waals surface area contributed by atoms with Gasteiger partial charge in [0.25, 0.3) is 0 Å². The standard InChI is InChI=1S/C14H24N4O8P2S/c1-8-12(4-5-25-28(23,24)26-27(20,21)22)29-14(9(2)19)18(8)7-11-6-16-10(3)17-13(11)15/h6,9,14,19H,4-5,7H2,1-3H3,(H,23,24)(H2,15,16,17)(H2,20,21,22)/p+1. The molecule has 0 bridgehead atoms. The maximum atomic E-state index is 11.6. The Labute approximate surface area is 172 Å². The summed E-state index contributed by atoms with van der Waals surface area (Å²) >= 11 is 1.39. The number of hydrogen-bond acceptors (Lipinski definition) is 9. The summed E-state index contributed by atoms with van der Waals surface area (Å²) in [4.78, 5) is 36.7. The van der Waals surface area contributed by atoms with E-state index in [1.54, 1.807) is 20.0 Å². The Morgan fingerprint density at radius 2 is 2.00 bits per heavy atom. The predicted octanol–water partition coefficient (Wildman–Crippen LogP) is 0.0537. The lowest BCUT2D eigenvalue weighted by molar-refractivity contribution is -0.886. The molecular formula is C14H25N4O8P2S+. The fourth-order valence-electron chi connectivity index (χ4n) is 2.84. The lowest BCUT2D eigenvalue weighted by Crippen LogP contribution is -3.12. The first kappa shape index (κ1) is 24.4. The second-order valence-electron chi connectivity index (χ2n) is 6.48. The van der Waals surface area contributed by atoms with Crippen LogP contribution in [-0.2, 0) is 24.5 Å². The van der Waals surface area contributed by atoms with E-state index in [2.05, 4.69) is 18.8 Å². The lowest BCUT2D eigenvalue weighted by atomic mass is 10.2. The number of phosphoric acid groups is 2. The number of quaternary nitrogens is 1. The third-order valence-electron chi connectivity index (χ3n) is 4.14. The average Bonchev–Trinajstić information content (AvgIpc) is 2.84. The first-order chi connectivity index (χ1) is 13.3. The number of rotatable bonds is 9. The van der Waals surface area contributed by atoms with Crippen LogP contribution in [0.25, 0.3) is 0 Å². The highest BCUT2D eigenvalue weighted by Gasteiger charge is 2.39. The van der Waals surface area contributed by atoms with Gasteiger partial charge in [0.05, 0.1) is 12.2 Å². The van der Waals surface area contributed by atoms with E-state index in [-0.39, 0.29) is 18.4 Å². The number of hydrogen-bond donors (Lipinski definition) is 6. The summed E-state index contributed by atoms with van der Waals surface area (Å²) in [6.07, 6.45) is 1.17. The van der Waals surface area contributed by atoms with Gasteiger partial charge in [-0.15, -0.1) is 0 Å². The van der Waals surface area contributed by atoms with Crippen molar-refractivity contribution in [1.29, 1.82) is 0 Å². The van der Waals surface area contributed by atoms with Crippen LogP contribution in [0.2, 0.25) is 0 Å². The van der Waals surface area contributed by atoms with Crippen LogP contribution in [-0.4, -0.2) is 47.8 Å². The smallest absolute Gasteiger partial charge is 0.386 e. The normalized spacial score (nSPS) is 23.3. The molecule has 1 aliphatic rings. The van der Waals surface area contributed by atoms with Crippen molar-refractivity contribution < 1.29 is 42.7 Å². The fourth-order valence-corrected chi connectivity index (χ4v) is 5.84. The highest BCUT2D eigenvalue weighted by Crippen LogP contribution is 2.57. The lowest BCUT2D eigenvalue weighted by Gasteiger charge is -2.24. The number of thioether (sulfide) groups is 1. The molecule has 29 heavy (non-hydrogen) atoms. The van der Waals surface area contributed by atoms with Crippen LogP contribution in [0.4, 0.5) is 5.82 Å². The molecule has 7 N–H and O–H groups in total. The SMILES string of the molecule is CC1=C(CCOP(=O)(O)OP(=O)(O)O)SC(C(C)O)[NH+]1Cc1cnc(C)nc1N. The molecule has 2 rings (SSSR count). The predicted molar refractivity (Wildman–Crippen MR) is 105 cm³/mol. The van der Waals surface area contributed by atoms with Gasteiger partial charge in [0, 0.05) is 24.4 Å². The number of aryl methyl sites for hydroxylation is 1. The number of aromatic nitrogens is 2. The highest BCUT2D eigenvalue weighted by molar-refractivity contribution is 8.03. The fraction of sp³-hybridized carbons (Fsp3) is 0.571. The summed E-state index contributed by atoms with van der Waals surface area (Å²) < 4.78 is 30.6. The first-order valence-electron chi connectivity index (χ1n) is 8.52. The van der Waals surface area contributed by atoms with Gasteiger partial charge in [-0.1, -0.05) is 11.8 Å². The molecule has 4 atom stereocenters. The average molecular weight is 471 g/mol. The number of nitrogen functional groups attached to an aromatic ring is 1. The van der Waals surface area contributed by atoms with E-state index in [1.807, 2.05) is 6.92 Å². The third kappa shape index (κ3) is 7.11. The summed E-state index contributed by atoms with van der Waals surface area (Å²) in [7, 11) is -10.1. The van der Waals surface area contributed by atoms with Crippen LogP contribution in [0, 0.1) is 6.92 Å². The third-order valence-corrected chi connectivity index (χ3v) is 8.06. The van der Waals surface area contributed by atoms with Crippen LogP contribution in [0.1, 0.15) is 31.7 Å². The summed E-state index contributed by atoms with van der Waals surface area (Å²) in [5.41, 5.74) is 7.58. The largest absolute Gasteiger partial charge is 0.481 e. The van der Waals surface area contributed by atoms with Gasteiger partial charge in [-0.3, -0.25) is 9.42 Å². The van der Waals surface area contributed by atoms with E-state index in [1.165, 1.54) is 11.8 Å². The molecule has 12 nitrogen and oxygen atoms in total. The van der Waals surface area contributed by atoms with Crippen molar-refractivity contribution in [3.63, 3.8) is 0 Å². The van der Waals surface area contributed by atoms with Crippen molar-refractivity contribution in [1.82, 2.24) is 9.97 Å². The van der Waals surface area contributed by atoms with E-state index in [0.717, 1.165) is 21.1 Å². The molecule has 0 saturated carbocycles. The molecule has 1 aliphatic heterocycles. The highest BCUT2D eigenvalue weighted by atomic mass is 32.2. The first-order valence-corrected chi connectivity index (χ1v) is 12.4. The minimum Gasteiger partial charge on any atom is -0.386 e. The van der Waals surface area contributed by atoms with Crippen molar-refractivity contribution in [3.05, 3.63) is 28.2 Å². The zero-order valence-corrected chi connectivity index (χ0v) is 18.7. The van der Waals surface area contributed by atoms with Gasteiger partial charge in [-0.05, 0) is 13.8 Å². The quantitative estimate of drug-likeness (QED) is 0.266. The molecule has 164 valence electrons. The molecule has 4 unspecified atom stereocenters. The van der Waals surface area contributed by atoms with Gasteiger partial charge in [0.15, 0.2) is 5.37 Å². The second-order valence-corrected chi connectivity index (χ2v) is 10.5. The Morgan fingerprint density at radius 3 is 2.55 bits per heavy atom. The van der Waals surface area contributed by atoms with E-state index in [9.17, 15) is 19.1 Å². The Bertz CT molecular complexity index is 877. The van der Waals surface area contributed by atoms with Gasteiger partial charge >= 0.3 is 15.6 Å². The maximum absolute atomic E-state index is 11.6. The van der Waals surface area contributed by atoms with E-state index < -0.39 is 21.7 Å². The number of aliphatic hydroxyl groups is 1. The molecule has 0 amide bonds. The van der Waals surface area contributed by atoms with Crippen LogP contribution < -0.4 is 10.6 Å². The number of nitrogens with zero attached hydrogens (tertiary/aromatic N) is 2. The summed E-state index contributed by atoms with van der Waals surface area (Å²) in [5, 5.41) is 9.93. The molecular weight excluding hydrogens is 446 g/mol. The molecule has 0 aliphatic carbocycles. The molecule has 15 heteroatoms. The Hall–Kier alpha value is -0.850.